The van der Waals surface area contributed by atoms with Gasteiger partial charge in [0.25, 0.3) is 5.91 Å². The van der Waals surface area contributed by atoms with Crippen molar-refractivity contribution in [3.8, 4) is 17.0 Å². The Morgan fingerprint density at radius 2 is 2.04 bits per heavy atom. The summed E-state index contributed by atoms with van der Waals surface area (Å²) in [6, 6.07) is 7.58. The van der Waals surface area contributed by atoms with Gasteiger partial charge < -0.3 is 14.4 Å². The molecule has 3 heterocycles. The van der Waals surface area contributed by atoms with E-state index < -0.39 is 0 Å². The highest BCUT2D eigenvalue weighted by molar-refractivity contribution is 5.98. The van der Waals surface area contributed by atoms with Gasteiger partial charge >= 0.3 is 0 Å². The molecule has 0 atom stereocenters. The zero-order chi connectivity index (χ0) is 17.9. The van der Waals surface area contributed by atoms with Gasteiger partial charge in [0.1, 0.15) is 17.0 Å². The molecule has 0 aliphatic carbocycles. The number of aromatic nitrogens is 3. The van der Waals surface area contributed by atoms with Gasteiger partial charge in [-0.3, -0.25) is 14.8 Å². The van der Waals surface area contributed by atoms with Crippen molar-refractivity contribution in [1.29, 1.82) is 0 Å². The summed E-state index contributed by atoms with van der Waals surface area (Å²) in [6.45, 7) is 2.24. The third-order valence-corrected chi connectivity index (χ3v) is 4.38. The van der Waals surface area contributed by atoms with E-state index in [1.807, 2.05) is 24.3 Å². The van der Waals surface area contributed by atoms with Crippen LogP contribution in [0.25, 0.3) is 22.2 Å². The highest BCUT2D eigenvalue weighted by Crippen LogP contribution is 2.32. The molecule has 7 nitrogen and oxygen atoms in total. The summed E-state index contributed by atoms with van der Waals surface area (Å²) in [5.41, 5.74) is 2.57. The molecular weight excluding hydrogens is 332 g/mol. The van der Waals surface area contributed by atoms with Gasteiger partial charge in [0.15, 0.2) is 0 Å². The van der Waals surface area contributed by atoms with E-state index in [4.69, 9.17) is 9.47 Å². The van der Waals surface area contributed by atoms with Crippen molar-refractivity contribution in [3.63, 3.8) is 0 Å². The third-order valence-electron chi connectivity index (χ3n) is 4.38. The molecule has 0 bridgehead atoms. The molecule has 1 fully saturated rings. The number of benzene rings is 1. The Bertz CT molecular complexity index is 954. The van der Waals surface area contributed by atoms with E-state index in [9.17, 15) is 4.79 Å². The third kappa shape index (κ3) is 2.97. The molecule has 0 saturated carbocycles. The highest BCUT2D eigenvalue weighted by atomic mass is 16.5. The smallest absolute Gasteiger partial charge is 0.274 e. The maximum Gasteiger partial charge on any atom is 0.274 e. The predicted molar refractivity (Wildman–Crippen MR) is 96.0 cm³/mol. The van der Waals surface area contributed by atoms with E-state index in [1.54, 1.807) is 24.4 Å². The van der Waals surface area contributed by atoms with Crippen molar-refractivity contribution >= 4 is 16.8 Å². The van der Waals surface area contributed by atoms with Crippen LogP contribution in [0.4, 0.5) is 0 Å². The van der Waals surface area contributed by atoms with Crippen LogP contribution in [0.1, 0.15) is 10.5 Å². The molecule has 0 N–H and O–H groups in total. The lowest BCUT2D eigenvalue weighted by molar-refractivity contribution is 0.0299. The van der Waals surface area contributed by atoms with E-state index in [1.165, 1.54) is 6.20 Å². The topological polar surface area (TPSA) is 77.4 Å². The van der Waals surface area contributed by atoms with Crippen molar-refractivity contribution in [1.82, 2.24) is 19.9 Å². The molecule has 1 aromatic carbocycles. The number of carbonyl (C=O) groups is 1. The quantitative estimate of drug-likeness (QED) is 0.720. The fraction of sp³-hybridized carbons (Fsp3) is 0.263. The minimum Gasteiger partial charge on any atom is -0.494 e. The summed E-state index contributed by atoms with van der Waals surface area (Å²) in [4.78, 5) is 27.6. The number of morpholine rings is 1. The lowest BCUT2D eigenvalue weighted by Gasteiger charge is -2.26. The van der Waals surface area contributed by atoms with Crippen LogP contribution < -0.4 is 4.74 Å². The summed E-state index contributed by atoms with van der Waals surface area (Å²) in [5.74, 6) is 0.566. The minimum atomic E-state index is -0.126. The first kappa shape index (κ1) is 16.4. The Morgan fingerprint density at radius 3 is 2.85 bits per heavy atom. The minimum absolute atomic E-state index is 0.126. The largest absolute Gasteiger partial charge is 0.494 e. The molecule has 132 valence electrons. The molecule has 0 radical (unpaired) electrons. The van der Waals surface area contributed by atoms with Crippen LogP contribution in [0.2, 0.25) is 0 Å². The molecule has 1 aliphatic heterocycles. The summed E-state index contributed by atoms with van der Waals surface area (Å²) in [6.07, 6.45) is 4.88. The van der Waals surface area contributed by atoms with Crippen LogP contribution in [0.15, 0.2) is 42.9 Å². The Morgan fingerprint density at radius 1 is 1.19 bits per heavy atom. The number of methoxy groups -OCH3 is 1. The number of pyridine rings is 1. The van der Waals surface area contributed by atoms with Crippen LogP contribution in [0.3, 0.4) is 0 Å². The van der Waals surface area contributed by atoms with Crippen molar-refractivity contribution < 1.29 is 14.3 Å². The van der Waals surface area contributed by atoms with Crippen molar-refractivity contribution in [2.45, 2.75) is 0 Å². The monoisotopic (exact) mass is 350 g/mol. The van der Waals surface area contributed by atoms with Crippen LogP contribution in [-0.4, -0.2) is 59.2 Å². The van der Waals surface area contributed by atoms with Crippen molar-refractivity contribution in [3.05, 3.63) is 48.5 Å². The van der Waals surface area contributed by atoms with Crippen molar-refractivity contribution in [2.75, 3.05) is 33.4 Å². The lowest BCUT2D eigenvalue weighted by atomic mass is 10.0. The number of amides is 1. The van der Waals surface area contributed by atoms with E-state index in [-0.39, 0.29) is 5.91 Å². The number of carbonyl (C=O) groups excluding carboxylic acids is 1. The average Bonchev–Trinajstić information content (AvgIpc) is 2.73. The van der Waals surface area contributed by atoms with Gasteiger partial charge in [0.05, 0.1) is 38.4 Å². The first-order chi connectivity index (χ1) is 12.8. The molecule has 1 amide bonds. The summed E-state index contributed by atoms with van der Waals surface area (Å²) in [7, 11) is 1.62. The zero-order valence-electron chi connectivity index (χ0n) is 14.4. The summed E-state index contributed by atoms with van der Waals surface area (Å²) >= 11 is 0. The number of nitrogens with zero attached hydrogens (tertiary/aromatic N) is 4. The second-order valence-electron chi connectivity index (χ2n) is 5.91. The first-order valence-corrected chi connectivity index (χ1v) is 8.39. The standard InChI is InChI=1S/C19H18N4O3/c1-25-17-5-4-13(14-3-2-6-21-18(14)17)15-11-20-12-16(22-15)19(24)23-7-9-26-10-8-23/h2-6,11-12H,7-10H2,1H3. The van der Waals surface area contributed by atoms with E-state index in [0.29, 0.717) is 43.4 Å². The molecule has 0 spiro atoms. The molecule has 26 heavy (non-hydrogen) atoms. The molecular formula is C19H18N4O3. The molecule has 2 aromatic heterocycles. The van der Waals surface area contributed by atoms with Crippen LogP contribution in [-0.2, 0) is 4.74 Å². The molecule has 4 rings (SSSR count). The Balaban J connectivity index is 1.75. The van der Waals surface area contributed by atoms with Crippen LogP contribution in [0, 0.1) is 0 Å². The van der Waals surface area contributed by atoms with Gasteiger partial charge in [-0.15, -0.1) is 0 Å². The second-order valence-corrected chi connectivity index (χ2v) is 5.91. The highest BCUT2D eigenvalue weighted by Gasteiger charge is 2.21. The number of rotatable bonds is 3. The van der Waals surface area contributed by atoms with E-state index in [0.717, 1.165) is 16.5 Å². The number of hydrogen-bond donors (Lipinski definition) is 0. The number of hydrogen-bond acceptors (Lipinski definition) is 6. The average molecular weight is 350 g/mol. The Kier molecular flexibility index (Phi) is 4.45. The number of fused-ring (bicyclic) bond motifs is 1. The summed E-state index contributed by atoms with van der Waals surface area (Å²) in [5, 5.41) is 0.900. The molecule has 1 aliphatic rings. The molecule has 3 aromatic rings. The second kappa shape index (κ2) is 7.05. The lowest BCUT2D eigenvalue weighted by Crippen LogP contribution is -2.41. The van der Waals surface area contributed by atoms with Gasteiger partial charge in [-0.05, 0) is 18.2 Å². The zero-order valence-corrected chi connectivity index (χ0v) is 14.4. The van der Waals surface area contributed by atoms with Crippen molar-refractivity contribution in [2.24, 2.45) is 0 Å². The maximum absolute atomic E-state index is 12.7. The normalized spacial score (nSPS) is 14.4. The Labute approximate surface area is 150 Å². The first-order valence-electron chi connectivity index (χ1n) is 8.39. The van der Waals surface area contributed by atoms with Gasteiger partial charge in [-0.25, -0.2) is 4.98 Å². The van der Waals surface area contributed by atoms with Gasteiger partial charge in [-0.2, -0.15) is 0 Å². The predicted octanol–water partition coefficient (Wildman–Crippen LogP) is 2.17. The molecule has 0 unspecified atom stereocenters. The van der Waals surface area contributed by atoms with E-state index >= 15 is 0 Å². The van der Waals surface area contributed by atoms with Gasteiger partial charge in [0.2, 0.25) is 0 Å². The fourth-order valence-corrected chi connectivity index (χ4v) is 3.06. The SMILES string of the molecule is COc1ccc(-c2cncc(C(=O)N3CCOCC3)n2)c2cccnc12. The number of ether oxygens (including phenoxy) is 2. The van der Waals surface area contributed by atoms with Crippen LogP contribution >= 0.6 is 0 Å². The Hall–Kier alpha value is -3.06. The van der Waals surface area contributed by atoms with Gasteiger partial charge in [0, 0.05) is 30.2 Å². The molecule has 1 saturated heterocycles. The summed E-state index contributed by atoms with van der Waals surface area (Å²) < 4.78 is 10.7. The van der Waals surface area contributed by atoms with E-state index in [2.05, 4.69) is 15.0 Å². The molecule has 7 heteroatoms. The van der Waals surface area contributed by atoms with Crippen LogP contribution in [0.5, 0.6) is 5.75 Å². The van der Waals surface area contributed by atoms with Gasteiger partial charge in [-0.1, -0.05) is 6.07 Å². The fourth-order valence-electron chi connectivity index (χ4n) is 3.06. The maximum atomic E-state index is 12.7.